The Labute approximate surface area is 301 Å². The molecule has 4 aromatic rings. The second-order valence-corrected chi connectivity index (χ2v) is 16.9. The number of piperazine rings is 1. The number of halogens is 5. The van der Waals surface area contributed by atoms with Crippen molar-refractivity contribution in [3.05, 3.63) is 86.6 Å². The standard InChI is InChI=1S/C23H23Cl2N5O5S.C6H3Cl3O2S/c1-15-26-22(27-35-15)16-2-4-19(5-3-16)30-14-20(34-23(30)31)13-28-6-8-29(9-7-28)36(32,33)21-11-17(24)10-18(25)12-21;7-4-1-5(8)3-6(2-4)12(9,10)11/h2-5,10-12,20H,6-9,13-14H2,1H3;1-3H. The Morgan fingerprint density at radius 3 is 1.85 bits per heavy atom. The minimum absolute atomic E-state index is 0.0781. The van der Waals surface area contributed by atoms with E-state index in [2.05, 4.69) is 15.0 Å². The molecule has 19 heteroatoms. The van der Waals surface area contributed by atoms with Gasteiger partial charge in [-0.2, -0.15) is 9.29 Å². The maximum absolute atomic E-state index is 13.0. The molecular formula is C29H26Cl5N5O7S2. The molecule has 1 aromatic heterocycles. The number of ether oxygens (including phenoxy) is 1. The van der Waals surface area contributed by atoms with Gasteiger partial charge in [0.2, 0.25) is 21.7 Å². The van der Waals surface area contributed by atoms with Gasteiger partial charge in [-0.25, -0.2) is 21.6 Å². The highest BCUT2D eigenvalue weighted by molar-refractivity contribution is 8.13. The van der Waals surface area contributed by atoms with Crippen LogP contribution < -0.4 is 4.90 Å². The fraction of sp³-hybridized carbons (Fsp3) is 0.276. The van der Waals surface area contributed by atoms with E-state index in [1.165, 1.54) is 40.7 Å². The largest absolute Gasteiger partial charge is 0.443 e. The van der Waals surface area contributed by atoms with E-state index < -0.39 is 25.2 Å². The maximum atomic E-state index is 13.0. The molecule has 48 heavy (non-hydrogen) atoms. The summed E-state index contributed by atoms with van der Waals surface area (Å²) in [6.45, 7) is 4.29. The Hall–Kier alpha value is -2.66. The van der Waals surface area contributed by atoms with Crippen molar-refractivity contribution in [2.24, 2.45) is 0 Å². The molecule has 1 unspecified atom stereocenters. The number of rotatable bonds is 7. The van der Waals surface area contributed by atoms with Gasteiger partial charge in [-0.05, 0) is 60.7 Å². The molecule has 0 radical (unpaired) electrons. The minimum atomic E-state index is -3.74. The zero-order valence-corrected chi connectivity index (χ0v) is 30.3. The molecule has 2 saturated heterocycles. The van der Waals surface area contributed by atoms with Gasteiger partial charge in [-0.15, -0.1) is 0 Å². The van der Waals surface area contributed by atoms with Crippen LogP contribution in [0.1, 0.15) is 5.89 Å². The molecule has 0 bridgehead atoms. The highest BCUT2D eigenvalue weighted by Gasteiger charge is 2.35. The smallest absolute Gasteiger partial charge is 0.414 e. The number of amides is 1. The first-order chi connectivity index (χ1) is 22.6. The van der Waals surface area contributed by atoms with E-state index in [0.717, 1.165) is 5.56 Å². The molecule has 0 saturated carbocycles. The third-order valence-electron chi connectivity index (χ3n) is 7.22. The van der Waals surface area contributed by atoms with Crippen molar-refractivity contribution in [3.8, 4) is 11.4 Å². The van der Waals surface area contributed by atoms with Crippen LogP contribution in [-0.2, 0) is 23.8 Å². The number of anilines is 1. The van der Waals surface area contributed by atoms with E-state index in [9.17, 15) is 21.6 Å². The zero-order valence-electron chi connectivity index (χ0n) is 24.9. The van der Waals surface area contributed by atoms with Crippen molar-refractivity contribution in [3.63, 3.8) is 0 Å². The third kappa shape index (κ3) is 9.11. The lowest BCUT2D eigenvalue weighted by atomic mass is 10.2. The summed E-state index contributed by atoms with van der Waals surface area (Å²) in [6.07, 6.45) is -0.742. The van der Waals surface area contributed by atoms with Crippen molar-refractivity contribution in [1.29, 1.82) is 0 Å². The number of hydrogen-bond donors (Lipinski definition) is 0. The van der Waals surface area contributed by atoms with E-state index in [-0.39, 0.29) is 36.0 Å². The zero-order chi connectivity index (χ0) is 34.8. The quantitative estimate of drug-likeness (QED) is 0.188. The van der Waals surface area contributed by atoms with Crippen LogP contribution in [0.2, 0.25) is 20.1 Å². The summed E-state index contributed by atoms with van der Waals surface area (Å²) in [5, 5.41) is 4.92. The van der Waals surface area contributed by atoms with Crippen LogP contribution in [0.3, 0.4) is 0 Å². The van der Waals surface area contributed by atoms with Crippen LogP contribution in [0.5, 0.6) is 0 Å². The van der Waals surface area contributed by atoms with Gasteiger partial charge in [0.25, 0.3) is 9.05 Å². The summed E-state index contributed by atoms with van der Waals surface area (Å²) in [6, 6.07) is 15.5. The van der Waals surface area contributed by atoms with Gasteiger partial charge in [0.1, 0.15) is 6.10 Å². The molecule has 256 valence electrons. The van der Waals surface area contributed by atoms with Crippen LogP contribution in [0, 0.1) is 6.92 Å². The van der Waals surface area contributed by atoms with Crippen molar-refractivity contribution >= 4 is 87.9 Å². The van der Waals surface area contributed by atoms with E-state index in [0.29, 0.717) is 56.7 Å². The summed E-state index contributed by atoms with van der Waals surface area (Å²) in [5.74, 6) is 0.966. The van der Waals surface area contributed by atoms with Gasteiger partial charge >= 0.3 is 6.09 Å². The molecule has 0 N–H and O–H groups in total. The first-order valence-corrected chi connectivity index (χ1v) is 19.3. The highest BCUT2D eigenvalue weighted by Crippen LogP contribution is 2.28. The lowest BCUT2D eigenvalue weighted by molar-refractivity contribution is 0.0937. The van der Waals surface area contributed by atoms with Gasteiger partial charge < -0.3 is 9.26 Å². The van der Waals surface area contributed by atoms with Crippen molar-refractivity contribution in [1.82, 2.24) is 19.3 Å². The normalized spacial score (nSPS) is 17.6. The average molecular weight is 798 g/mol. The Balaban J connectivity index is 0.000000318. The summed E-state index contributed by atoms with van der Waals surface area (Å²) in [5.41, 5.74) is 1.50. The van der Waals surface area contributed by atoms with E-state index in [4.69, 9.17) is 66.3 Å². The number of aromatic nitrogens is 2. The van der Waals surface area contributed by atoms with E-state index >= 15 is 0 Å². The van der Waals surface area contributed by atoms with Crippen molar-refractivity contribution in [2.45, 2.75) is 22.8 Å². The fourth-order valence-corrected chi connectivity index (χ4v) is 8.58. The Morgan fingerprint density at radius 2 is 1.35 bits per heavy atom. The number of cyclic esters (lactones) is 1. The number of benzene rings is 3. The molecule has 3 heterocycles. The topological polar surface area (TPSA) is 143 Å². The third-order valence-corrected chi connectivity index (χ3v) is 11.3. The highest BCUT2D eigenvalue weighted by atomic mass is 35.7. The number of sulfonamides is 1. The average Bonchev–Trinajstić information content (AvgIpc) is 3.61. The predicted molar refractivity (Wildman–Crippen MR) is 183 cm³/mol. The number of hydrogen-bond acceptors (Lipinski definition) is 10. The molecule has 3 aromatic carbocycles. The molecule has 2 aliphatic heterocycles. The van der Waals surface area contributed by atoms with Crippen molar-refractivity contribution in [2.75, 3.05) is 44.2 Å². The predicted octanol–water partition coefficient (Wildman–Crippen LogP) is 6.60. The summed E-state index contributed by atoms with van der Waals surface area (Å²) in [7, 11) is -2.39. The fourth-order valence-electron chi connectivity index (χ4n) is 4.97. The molecule has 12 nitrogen and oxygen atoms in total. The molecular weight excluding hydrogens is 772 g/mol. The molecule has 2 fully saturated rings. The van der Waals surface area contributed by atoms with Crippen LogP contribution in [0.25, 0.3) is 11.4 Å². The second kappa shape index (κ2) is 15.1. The Morgan fingerprint density at radius 1 is 0.812 bits per heavy atom. The monoisotopic (exact) mass is 795 g/mol. The van der Waals surface area contributed by atoms with Gasteiger partial charge in [0.05, 0.1) is 16.3 Å². The number of carbonyl (C=O) groups is 1. The summed E-state index contributed by atoms with van der Waals surface area (Å²) < 4.78 is 59.6. The van der Waals surface area contributed by atoms with Crippen molar-refractivity contribution < 1.29 is 30.9 Å². The molecule has 2 aliphatic rings. The second-order valence-electron chi connectivity index (χ2n) is 10.7. The van der Waals surface area contributed by atoms with Gasteiger partial charge in [-0.3, -0.25) is 9.80 Å². The number of aryl methyl sites for hydroxylation is 1. The van der Waals surface area contributed by atoms with E-state index in [1.54, 1.807) is 11.8 Å². The Kier molecular flexibility index (Phi) is 11.5. The van der Waals surface area contributed by atoms with Crippen LogP contribution in [0.15, 0.2) is 75.0 Å². The molecule has 1 atom stereocenters. The van der Waals surface area contributed by atoms with E-state index in [1.807, 2.05) is 24.3 Å². The lowest BCUT2D eigenvalue weighted by Crippen LogP contribution is -2.50. The first kappa shape index (κ1) is 36.6. The van der Waals surface area contributed by atoms with Gasteiger partial charge in [0.15, 0.2) is 0 Å². The summed E-state index contributed by atoms with van der Waals surface area (Å²) >= 11 is 23.1. The van der Waals surface area contributed by atoms with Crippen LogP contribution in [0.4, 0.5) is 10.5 Å². The SMILES string of the molecule is Cc1nc(-c2ccc(N3CC(CN4CCN(S(=O)(=O)c5cc(Cl)cc(Cl)c5)CC4)OC3=O)cc2)no1.O=S(=O)(Cl)c1cc(Cl)cc(Cl)c1. The lowest BCUT2D eigenvalue weighted by Gasteiger charge is -2.34. The molecule has 6 rings (SSSR count). The van der Waals surface area contributed by atoms with Gasteiger partial charge in [0, 0.05) is 81.7 Å². The van der Waals surface area contributed by atoms with Gasteiger partial charge in [-0.1, -0.05) is 51.6 Å². The summed E-state index contributed by atoms with van der Waals surface area (Å²) in [4.78, 5) is 20.4. The molecule has 1 amide bonds. The van der Waals surface area contributed by atoms with Crippen LogP contribution in [-0.4, -0.2) is 87.6 Å². The minimum Gasteiger partial charge on any atom is -0.443 e. The van der Waals surface area contributed by atoms with Crippen LogP contribution >= 0.6 is 57.1 Å². The maximum Gasteiger partial charge on any atom is 0.414 e. The Bertz CT molecular complexity index is 1980. The molecule has 0 aliphatic carbocycles. The number of nitrogens with zero attached hydrogens (tertiary/aromatic N) is 5. The first-order valence-electron chi connectivity index (χ1n) is 14.1. The molecule has 0 spiro atoms. The number of carbonyl (C=O) groups excluding carboxylic acids is 1.